The monoisotopic (exact) mass is 274 g/mol. The number of ketones is 1. The summed E-state index contributed by atoms with van der Waals surface area (Å²) in [5.74, 6) is -2.33. The first-order valence-corrected chi connectivity index (χ1v) is 5.22. The molecule has 0 radical (unpaired) electrons. The molecule has 0 saturated heterocycles. The molecule has 0 fully saturated rings. The molecule has 0 unspecified atom stereocenters. The largest absolute Gasteiger partial charge is 0.478 e. The second kappa shape index (κ2) is 4.53. The summed E-state index contributed by atoms with van der Waals surface area (Å²) in [5, 5.41) is 8.76. The van der Waals surface area contributed by atoms with Crippen molar-refractivity contribution in [2.24, 2.45) is 0 Å². The molecule has 0 aliphatic heterocycles. The number of hydrogen-bond donors (Lipinski definition) is 1. The maximum atomic E-state index is 13.3. The molecule has 5 heteroatoms. The fourth-order valence-corrected chi connectivity index (χ4v) is 1.60. The van der Waals surface area contributed by atoms with Crippen molar-refractivity contribution in [3.63, 3.8) is 0 Å². The molecule has 80 valence electrons. The topological polar surface area (TPSA) is 54.4 Å². The third kappa shape index (κ3) is 2.23. The quantitative estimate of drug-likeness (QED) is 0.680. The van der Waals surface area contributed by atoms with Gasteiger partial charge in [0, 0.05) is 0 Å². The minimum absolute atomic E-state index is 0.0339. The van der Waals surface area contributed by atoms with Crippen LogP contribution < -0.4 is 0 Å². The first kappa shape index (κ1) is 11.8. The van der Waals surface area contributed by atoms with Crippen LogP contribution in [0.25, 0.3) is 0 Å². The molecule has 1 aromatic carbocycles. The number of alkyl halides is 1. The van der Waals surface area contributed by atoms with Crippen LogP contribution in [0.2, 0.25) is 0 Å². The zero-order valence-electron chi connectivity index (χ0n) is 7.88. The summed E-state index contributed by atoms with van der Waals surface area (Å²) in [4.78, 5) is 22.1. The number of aromatic carboxylic acids is 1. The fourth-order valence-electron chi connectivity index (χ4n) is 1.32. The van der Waals surface area contributed by atoms with Gasteiger partial charge in [0.25, 0.3) is 0 Å². The summed E-state index contributed by atoms with van der Waals surface area (Å²) in [6.45, 7) is 1.42. The minimum Gasteiger partial charge on any atom is -0.478 e. The maximum Gasteiger partial charge on any atom is 0.335 e. The van der Waals surface area contributed by atoms with Gasteiger partial charge in [-0.25, -0.2) is 9.18 Å². The van der Waals surface area contributed by atoms with Crippen molar-refractivity contribution in [3.05, 3.63) is 34.6 Å². The highest BCUT2D eigenvalue weighted by molar-refractivity contribution is 9.09. The van der Waals surface area contributed by atoms with E-state index in [9.17, 15) is 14.0 Å². The van der Waals surface area contributed by atoms with Crippen LogP contribution in [0.5, 0.6) is 0 Å². The molecule has 0 atom stereocenters. The highest BCUT2D eigenvalue weighted by atomic mass is 79.9. The molecule has 0 aliphatic rings. The van der Waals surface area contributed by atoms with E-state index in [1.807, 2.05) is 0 Å². The van der Waals surface area contributed by atoms with Crippen LogP contribution in [0.15, 0.2) is 12.1 Å². The number of carbonyl (C=O) groups excluding carboxylic acids is 1. The Morgan fingerprint density at radius 1 is 1.47 bits per heavy atom. The molecular formula is C10H8BrFO3. The van der Waals surface area contributed by atoms with Gasteiger partial charge in [-0.3, -0.25) is 4.79 Å². The molecule has 0 aliphatic carbocycles. The van der Waals surface area contributed by atoms with Gasteiger partial charge in [-0.05, 0) is 24.6 Å². The van der Waals surface area contributed by atoms with E-state index in [4.69, 9.17) is 5.11 Å². The lowest BCUT2D eigenvalue weighted by Crippen LogP contribution is -2.11. The van der Waals surface area contributed by atoms with E-state index >= 15 is 0 Å². The summed E-state index contributed by atoms with van der Waals surface area (Å²) in [5.41, 5.74) is -0.0561. The van der Waals surface area contributed by atoms with Gasteiger partial charge in [-0.1, -0.05) is 15.9 Å². The summed E-state index contributed by atoms with van der Waals surface area (Å²) in [6, 6.07) is 2.14. The van der Waals surface area contributed by atoms with Crippen LogP contribution >= 0.6 is 15.9 Å². The standard InChI is InChI=1S/C10H8BrFO3/c1-5-6(10(14)15)2-3-7(12)9(5)8(13)4-11/h2-3H,4H2,1H3,(H,14,15). The molecule has 3 nitrogen and oxygen atoms in total. The summed E-state index contributed by atoms with van der Waals surface area (Å²) in [7, 11) is 0. The van der Waals surface area contributed by atoms with Crippen molar-refractivity contribution in [1.82, 2.24) is 0 Å². The Balaban J connectivity index is 3.43. The maximum absolute atomic E-state index is 13.3. The van der Waals surface area contributed by atoms with Crippen LogP contribution in [-0.4, -0.2) is 22.2 Å². The zero-order valence-corrected chi connectivity index (χ0v) is 9.47. The Bertz CT molecular complexity index is 429. The first-order chi connectivity index (χ1) is 6.99. The van der Waals surface area contributed by atoms with E-state index in [2.05, 4.69) is 15.9 Å². The smallest absolute Gasteiger partial charge is 0.335 e. The van der Waals surface area contributed by atoms with Gasteiger partial charge in [0.15, 0.2) is 5.78 Å². The fraction of sp³-hybridized carbons (Fsp3) is 0.200. The van der Waals surface area contributed by atoms with Crippen molar-refractivity contribution in [2.75, 3.05) is 5.33 Å². The Kier molecular flexibility index (Phi) is 3.57. The predicted octanol–water partition coefficient (Wildman–Crippen LogP) is 2.41. The van der Waals surface area contributed by atoms with Gasteiger partial charge in [-0.15, -0.1) is 0 Å². The summed E-state index contributed by atoms with van der Waals surface area (Å²) in [6.07, 6.45) is 0. The van der Waals surface area contributed by atoms with Crippen LogP contribution in [0.3, 0.4) is 0 Å². The Labute approximate surface area is 94.0 Å². The highest BCUT2D eigenvalue weighted by Gasteiger charge is 2.18. The average molecular weight is 275 g/mol. The molecule has 0 aromatic heterocycles. The van der Waals surface area contributed by atoms with Gasteiger partial charge in [-0.2, -0.15) is 0 Å². The summed E-state index contributed by atoms with van der Waals surface area (Å²) >= 11 is 2.92. The molecule has 0 heterocycles. The highest BCUT2D eigenvalue weighted by Crippen LogP contribution is 2.19. The minimum atomic E-state index is -1.17. The van der Waals surface area contributed by atoms with Crippen LogP contribution in [-0.2, 0) is 0 Å². The SMILES string of the molecule is Cc1c(C(=O)O)ccc(F)c1C(=O)CBr. The molecular weight excluding hydrogens is 267 g/mol. The number of rotatable bonds is 3. The van der Waals surface area contributed by atoms with E-state index in [0.717, 1.165) is 12.1 Å². The van der Waals surface area contributed by atoms with Crippen LogP contribution in [0.4, 0.5) is 4.39 Å². The molecule has 1 N–H and O–H groups in total. The molecule has 1 rings (SSSR count). The summed E-state index contributed by atoms with van der Waals surface area (Å²) < 4.78 is 13.3. The second-order valence-electron chi connectivity index (χ2n) is 2.96. The van der Waals surface area contributed by atoms with Crippen molar-refractivity contribution >= 4 is 27.7 Å². The Morgan fingerprint density at radius 2 is 2.07 bits per heavy atom. The second-order valence-corrected chi connectivity index (χ2v) is 3.52. The number of carboxylic acids is 1. The third-order valence-corrected chi connectivity index (χ3v) is 2.55. The van der Waals surface area contributed by atoms with Gasteiger partial charge in [0.05, 0.1) is 16.5 Å². The van der Waals surface area contributed by atoms with Crippen molar-refractivity contribution in [1.29, 1.82) is 0 Å². The van der Waals surface area contributed by atoms with E-state index in [0.29, 0.717) is 0 Å². The van der Waals surface area contributed by atoms with Gasteiger partial charge in [0.2, 0.25) is 0 Å². The Morgan fingerprint density at radius 3 is 2.53 bits per heavy atom. The lowest BCUT2D eigenvalue weighted by atomic mass is 9.99. The van der Waals surface area contributed by atoms with Crippen molar-refractivity contribution < 1.29 is 19.1 Å². The number of carbonyl (C=O) groups is 2. The third-order valence-electron chi connectivity index (χ3n) is 2.04. The van der Waals surface area contributed by atoms with Gasteiger partial charge >= 0.3 is 5.97 Å². The number of hydrogen-bond acceptors (Lipinski definition) is 2. The molecule has 0 bridgehead atoms. The van der Waals surface area contributed by atoms with Gasteiger partial charge < -0.3 is 5.11 Å². The van der Waals surface area contributed by atoms with E-state index in [-0.39, 0.29) is 22.0 Å². The lowest BCUT2D eigenvalue weighted by molar-refractivity contribution is 0.0696. The molecule has 0 saturated carbocycles. The number of carboxylic acid groups (broad SMARTS) is 1. The molecule has 1 aromatic rings. The van der Waals surface area contributed by atoms with E-state index in [1.165, 1.54) is 6.92 Å². The molecule has 0 spiro atoms. The van der Waals surface area contributed by atoms with Crippen molar-refractivity contribution in [3.8, 4) is 0 Å². The van der Waals surface area contributed by atoms with Crippen LogP contribution in [0, 0.1) is 12.7 Å². The number of Topliss-reactive ketones (excluding diaryl/α,β-unsaturated/α-hetero) is 1. The zero-order chi connectivity index (χ0) is 11.6. The Hall–Kier alpha value is -1.23. The molecule has 0 amide bonds. The predicted molar refractivity (Wildman–Crippen MR) is 56.2 cm³/mol. The first-order valence-electron chi connectivity index (χ1n) is 4.10. The molecule has 15 heavy (non-hydrogen) atoms. The van der Waals surface area contributed by atoms with Crippen LogP contribution in [0.1, 0.15) is 26.3 Å². The number of halogens is 2. The van der Waals surface area contributed by atoms with E-state index < -0.39 is 17.6 Å². The van der Waals surface area contributed by atoms with Crippen molar-refractivity contribution in [2.45, 2.75) is 6.92 Å². The van der Waals surface area contributed by atoms with E-state index in [1.54, 1.807) is 0 Å². The lowest BCUT2D eigenvalue weighted by Gasteiger charge is -2.07. The average Bonchev–Trinajstić information content (AvgIpc) is 2.16. The van der Waals surface area contributed by atoms with Gasteiger partial charge in [0.1, 0.15) is 5.82 Å². The normalized spacial score (nSPS) is 10.1. The number of benzene rings is 1.